The molecule has 0 bridgehead atoms. The summed E-state index contributed by atoms with van der Waals surface area (Å²) in [6.45, 7) is 9.08. The number of hydrogen-bond acceptors (Lipinski definition) is 2. The normalized spacial score (nSPS) is 34.1. The van der Waals surface area contributed by atoms with E-state index in [4.69, 9.17) is 5.73 Å². The van der Waals surface area contributed by atoms with Crippen LogP contribution in [0.1, 0.15) is 20.3 Å². The smallest absolute Gasteiger partial charge is 0.0105 e. The Labute approximate surface area is 69.8 Å². The molecule has 0 aliphatic carbocycles. The van der Waals surface area contributed by atoms with Gasteiger partial charge >= 0.3 is 0 Å². The van der Waals surface area contributed by atoms with Crippen molar-refractivity contribution < 1.29 is 0 Å². The van der Waals surface area contributed by atoms with Crippen LogP contribution in [0.5, 0.6) is 0 Å². The van der Waals surface area contributed by atoms with Crippen LogP contribution in [0.25, 0.3) is 0 Å². The van der Waals surface area contributed by atoms with E-state index in [9.17, 15) is 0 Å². The van der Waals surface area contributed by atoms with Gasteiger partial charge in [-0.25, -0.2) is 0 Å². The molecule has 1 aliphatic heterocycles. The van der Waals surface area contributed by atoms with E-state index >= 15 is 0 Å². The summed E-state index contributed by atoms with van der Waals surface area (Å²) < 4.78 is 0. The molecular weight excluding hydrogens is 136 g/mol. The third kappa shape index (κ3) is 2.46. The molecule has 2 atom stereocenters. The lowest BCUT2D eigenvalue weighted by molar-refractivity contribution is 0.142. The van der Waals surface area contributed by atoms with E-state index in [1.54, 1.807) is 0 Å². The van der Waals surface area contributed by atoms with Crippen LogP contribution in [0.15, 0.2) is 0 Å². The van der Waals surface area contributed by atoms with E-state index in [1.165, 1.54) is 19.5 Å². The van der Waals surface area contributed by atoms with E-state index in [0.29, 0.717) is 0 Å². The van der Waals surface area contributed by atoms with Crippen LogP contribution >= 0.6 is 0 Å². The van der Waals surface area contributed by atoms with Gasteiger partial charge in [0, 0.05) is 19.6 Å². The highest BCUT2D eigenvalue weighted by atomic mass is 15.1. The molecule has 2 heteroatoms. The summed E-state index contributed by atoms with van der Waals surface area (Å²) in [7, 11) is 0. The fourth-order valence-corrected chi connectivity index (χ4v) is 1.73. The molecule has 2 N–H and O–H groups in total. The van der Waals surface area contributed by atoms with Crippen LogP contribution in [0.4, 0.5) is 0 Å². The highest BCUT2D eigenvalue weighted by Gasteiger charge is 2.21. The van der Waals surface area contributed by atoms with E-state index in [0.717, 1.165) is 24.9 Å². The lowest BCUT2D eigenvalue weighted by atomic mass is 9.89. The molecule has 1 heterocycles. The van der Waals surface area contributed by atoms with Crippen LogP contribution in [-0.2, 0) is 0 Å². The fourth-order valence-electron chi connectivity index (χ4n) is 1.73. The van der Waals surface area contributed by atoms with E-state index in [1.807, 2.05) is 0 Å². The Morgan fingerprint density at radius 2 is 2.09 bits per heavy atom. The zero-order valence-corrected chi connectivity index (χ0v) is 7.71. The summed E-state index contributed by atoms with van der Waals surface area (Å²) in [5.74, 6) is 1.76. The summed E-state index contributed by atoms with van der Waals surface area (Å²) >= 11 is 0. The third-order valence-corrected chi connectivity index (χ3v) is 2.86. The Balaban J connectivity index is 2.28. The molecule has 0 saturated carbocycles. The first-order valence-corrected chi connectivity index (χ1v) is 4.66. The largest absolute Gasteiger partial charge is 0.329 e. The maximum Gasteiger partial charge on any atom is 0.0105 e. The quantitative estimate of drug-likeness (QED) is 0.644. The Bertz CT molecular complexity index is 114. The number of likely N-dealkylation sites (tertiary alicyclic amines) is 1. The van der Waals surface area contributed by atoms with Gasteiger partial charge in [-0.3, -0.25) is 0 Å². The van der Waals surface area contributed by atoms with Crippen molar-refractivity contribution in [3.63, 3.8) is 0 Å². The van der Waals surface area contributed by atoms with Gasteiger partial charge in [0.2, 0.25) is 0 Å². The number of nitrogens with zero attached hydrogens (tertiary/aromatic N) is 1. The molecule has 0 aromatic rings. The van der Waals surface area contributed by atoms with Gasteiger partial charge in [-0.1, -0.05) is 13.8 Å². The van der Waals surface area contributed by atoms with Crippen molar-refractivity contribution in [1.82, 2.24) is 4.90 Å². The molecule has 0 unspecified atom stereocenters. The van der Waals surface area contributed by atoms with E-state index < -0.39 is 0 Å². The van der Waals surface area contributed by atoms with Crippen LogP contribution in [-0.4, -0.2) is 31.1 Å². The van der Waals surface area contributed by atoms with Crippen molar-refractivity contribution in [3.8, 4) is 0 Å². The van der Waals surface area contributed by atoms with E-state index in [2.05, 4.69) is 18.7 Å². The zero-order chi connectivity index (χ0) is 8.27. The molecule has 2 nitrogen and oxygen atoms in total. The average molecular weight is 156 g/mol. The van der Waals surface area contributed by atoms with Gasteiger partial charge in [-0.05, 0) is 24.8 Å². The highest BCUT2D eigenvalue weighted by molar-refractivity contribution is 4.74. The number of hydrogen-bond donors (Lipinski definition) is 1. The van der Waals surface area contributed by atoms with Crippen LogP contribution in [0.3, 0.4) is 0 Å². The molecule has 0 aromatic carbocycles. The van der Waals surface area contributed by atoms with Crippen molar-refractivity contribution in [1.29, 1.82) is 0 Å². The van der Waals surface area contributed by atoms with Crippen molar-refractivity contribution in [3.05, 3.63) is 0 Å². The Morgan fingerprint density at radius 3 is 2.64 bits per heavy atom. The zero-order valence-electron chi connectivity index (χ0n) is 7.71. The number of nitrogens with two attached hydrogens (primary N) is 1. The summed E-state index contributed by atoms with van der Waals surface area (Å²) in [6, 6.07) is 0. The van der Waals surface area contributed by atoms with Crippen LogP contribution in [0.2, 0.25) is 0 Å². The Kier molecular flexibility index (Phi) is 3.34. The van der Waals surface area contributed by atoms with Gasteiger partial charge in [0.05, 0.1) is 0 Å². The van der Waals surface area contributed by atoms with Gasteiger partial charge in [-0.2, -0.15) is 0 Å². The molecule has 0 aromatic heterocycles. The predicted octanol–water partition coefficient (Wildman–Crippen LogP) is 0.923. The Morgan fingerprint density at radius 1 is 1.36 bits per heavy atom. The molecular formula is C9H20N2. The molecule has 11 heavy (non-hydrogen) atoms. The Hall–Kier alpha value is -0.0800. The molecule has 1 saturated heterocycles. The second-order valence-corrected chi connectivity index (χ2v) is 3.83. The van der Waals surface area contributed by atoms with Gasteiger partial charge in [0.15, 0.2) is 0 Å². The summed E-state index contributed by atoms with van der Waals surface area (Å²) in [5.41, 5.74) is 5.50. The van der Waals surface area contributed by atoms with Crippen molar-refractivity contribution in [2.24, 2.45) is 17.6 Å². The SMILES string of the molecule is C[C@H]1CCN(CCN)C[C@@H]1C. The topological polar surface area (TPSA) is 29.3 Å². The van der Waals surface area contributed by atoms with Crippen molar-refractivity contribution >= 4 is 0 Å². The minimum absolute atomic E-state index is 0.807. The number of rotatable bonds is 2. The molecule has 1 fully saturated rings. The second kappa shape index (κ2) is 4.07. The first-order chi connectivity index (χ1) is 5.24. The van der Waals surface area contributed by atoms with E-state index in [-0.39, 0.29) is 0 Å². The summed E-state index contributed by atoms with van der Waals surface area (Å²) in [4.78, 5) is 2.48. The van der Waals surface area contributed by atoms with Crippen molar-refractivity contribution in [2.75, 3.05) is 26.2 Å². The van der Waals surface area contributed by atoms with Gasteiger partial charge < -0.3 is 10.6 Å². The lowest BCUT2D eigenvalue weighted by Gasteiger charge is -2.34. The predicted molar refractivity (Wildman–Crippen MR) is 48.4 cm³/mol. The maximum atomic E-state index is 5.50. The fraction of sp³-hybridized carbons (Fsp3) is 1.00. The molecule has 0 radical (unpaired) electrons. The minimum Gasteiger partial charge on any atom is -0.329 e. The number of piperidine rings is 1. The molecule has 0 amide bonds. The first kappa shape index (κ1) is 9.01. The summed E-state index contributed by atoms with van der Waals surface area (Å²) in [6.07, 6.45) is 1.35. The molecule has 1 rings (SSSR count). The molecule has 1 aliphatic rings. The standard InChI is InChI=1S/C9H20N2/c1-8-3-5-11(6-4-10)7-9(8)2/h8-9H,3-7,10H2,1-2H3/t8-,9-/m0/s1. The van der Waals surface area contributed by atoms with Gasteiger partial charge in [-0.15, -0.1) is 0 Å². The minimum atomic E-state index is 0.807. The molecule has 66 valence electrons. The maximum absolute atomic E-state index is 5.50. The van der Waals surface area contributed by atoms with Crippen LogP contribution < -0.4 is 5.73 Å². The van der Waals surface area contributed by atoms with Gasteiger partial charge in [0.1, 0.15) is 0 Å². The monoisotopic (exact) mass is 156 g/mol. The van der Waals surface area contributed by atoms with Gasteiger partial charge in [0.25, 0.3) is 0 Å². The molecule has 0 spiro atoms. The summed E-state index contributed by atoms with van der Waals surface area (Å²) in [5, 5.41) is 0. The lowest BCUT2D eigenvalue weighted by Crippen LogP contribution is -2.40. The second-order valence-electron chi connectivity index (χ2n) is 3.83. The van der Waals surface area contributed by atoms with Crippen molar-refractivity contribution in [2.45, 2.75) is 20.3 Å². The van der Waals surface area contributed by atoms with Crippen LogP contribution in [0, 0.1) is 11.8 Å². The third-order valence-electron chi connectivity index (χ3n) is 2.86. The highest BCUT2D eigenvalue weighted by Crippen LogP contribution is 2.21. The first-order valence-electron chi connectivity index (χ1n) is 4.66. The average Bonchev–Trinajstić information content (AvgIpc) is 1.98.